The first-order valence-electron chi connectivity index (χ1n) is 15.2. The molecule has 0 saturated carbocycles. The summed E-state index contributed by atoms with van der Waals surface area (Å²) in [5, 5.41) is 8.89. The number of nitriles is 1. The fourth-order valence-corrected chi connectivity index (χ4v) is 6.69. The number of nitrogens with one attached hydrogen (secondary N) is 1. The Morgan fingerprint density at radius 3 is 2.02 bits per heavy atom. The summed E-state index contributed by atoms with van der Waals surface area (Å²) < 4.78 is 54.7. The fraction of sp³-hybridized carbons (Fsp3) is 0.324. The first kappa shape index (κ1) is 35.7. The summed E-state index contributed by atoms with van der Waals surface area (Å²) in [6, 6.07) is 27.1. The van der Waals surface area contributed by atoms with E-state index in [-0.39, 0.29) is 19.6 Å². The van der Waals surface area contributed by atoms with Crippen LogP contribution in [0.5, 0.6) is 11.5 Å². The highest BCUT2D eigenvalue weighted by atomic mass is 31.2. The molecule has 1 aromatic heterocycles. The second kappa shape index (κ2) is 15.8. The minimum Gasteiger partial charge on any atom is -0.497 e. The molecule has 0 spiro atoms. The molecule has 1 unspecified atom stereocenters. The highest BCUT2D eigenvalue weighted by Gasteiger charge is 2.51. The van der Waals surface area contributed by atoms with Crippen molar-refractivity contribution >= 4 is 7.82 Å². The number of rotatable bonds is 15. The number of methoxy groups -OCH3 is 3. The summed E-state index contributed by atoms with van der Waals surface area (Å²) in [6.45, 7) is -0.643. The maximum Gasteiger partial charge on any atom is 0.472 e. The third-order valence-electron chi connectivity index (χ3n) is 8.04. The minimum absolute atomic E-state index is 0.159. The van der Waals surface area contributed by atoms with Crippen molar-refractivity contribution in [3.63, 3.8) is 0 Å². The zero-order chi connectivity index (χ0) is 35.0. The first-order valence-corrected chi connectivity index (χ1v) is 16.7. The SMILES string of the molecule is COc1ccc(C(OC[C@H]2O[C@@H](n3ccc(=O)[nH]c3=O)[C@H](OC)[C@@H]2OP(=O)(O)OCCC#N)(c2ccccc2)c2ccc(OC)cc2)cc1. The lowest BCUT2D eigenvalue weighted by Crippen LogP contribution is -2.41. The molecule has 258 valence electrons. The van der Waals surface area contributed by atoms with Crippen molar-refractivity contribution in [3.8, 4) is 17.6 Å². The number of aromatic nitrogens is 2. The van der Waals surface area contributed by atoms with Gasteiger partial charge in [0.2, 0.25) is 0 Å². The molecule has 3 aromatic carbocycles. The Bertz CT molecular complexity index is 1840. The monoisotopic (exact) mass is 693 g/mol. The number of nitrogens with zero attached hydrogens (tertiary/aromatic N) is 2. The predicted octanol–water partition coefficient (Wildman–Crippen LogP) is 3.89. The van der Waals surface area contributed by atoms with Crippen molar-refractivity contribution < 1.29 is 42.2 Å². The van der Waals surface area contributed by atoms with E-state index in [4.69, 9.17) is 38.0 Å². The summed E-state index contributed by atoms with van der Waals surface area (Å²) in [7, 11) is -0.341. The molecule has 5 rings (SSSR count). The Labute approximate surface area is 281 Å². The van der Waals surface area contributed by atoms with Gasteiger partial charge in [-0.2, -0.15) is 5.26 Å². The van der Waals surface area contributed by atoms with Crippen LogP contribution in [0.3, 0.4) is 0 Å². The van der Waals surface area contributed by atoms with Gasteiger partial charge in [-0.3, -0.25) is 23.4 Å². The predicted molar refractivity (Wildman–Crippen MR) is 175 cm³/mol. The topological polar surface area (TPSA) is 181 Å². The van der Waals surface area contributed by atoms with Crippen LogP contribution in [0.15, 0.2) is 101 Å². The van der Waals surface area contributed by atoms with Crippen LogP contribution in [0.2, 0.25) is 0 Å². The molecule has 4 aromatic rings. The van der Waals surface area contributed by atoms with Crippen LogP contribution in [-0.4, -0.2) is 67.3 Å². The van der Waals surface area contributed by atoms with Crippen LogP contribution in [0.4, 0.5) is 0 Å². The van der Waals surface area contributed by atoms with E-state index in [0.717, 1.165) is 16.2 Å². The Hall–Kier alpha value is -4.58. The van der Waals surface area contributed by atoms with Crippen molar-refractivity contribution in [3.05, 3.63) is 129 Å². The molecule has 49 heavy (non-hydrogen) atoms. The average molecular weight is 694 g/mol. The number of phosphoric acid groups is 1. The summed E-state index contributed by atoms with van der Waals surface area (Å²) in [6.07, 6.45) is -3.80. The smallest absolute Gasteiger partial charge is 0.472 e. The molecule has 1 aliphatic rings. The second-order valence-electron chi connectivity index (χ2n) is 10.9. The van der Waals surface area contributed by atoms with E-state index in [0.29, 0.717) is 22.6 Å². The third kappa shape index (κ3) is 7.85. The lowest BCUT2D eigenvalue weighted by molar-refractivity contribution is -0.0964. The molecule has 15 heteroatoms. The van der Waals surface area contributed by atoms with Gasteiger partial charge in [0.25, 0.3) is 5.56 Å². The Balaban J connectivity index is 1.61. The van der Waals surface area contributed by atoms with Crippen molar-refractivity contribution in [2.75, 3.05) is 34.5 Å². The van der Waals surface area contributed by atoms with Gasteiger partial charge in [0.15, 0.2) is 6.23 Å². The van der Waals surface area contributed by atoms with Crippen molar-refractivity contribution in [2.24, 2.45) is 0 Å². The van der Waals surface area contributed by atoms with Crippen LogP contribution in [0.25, 0.3) is 0 Å². The van der Waals surface area contributed by atoms with Crippen LogP contribution in [-0.2, 0) is 33.4 Å². The number of hydrogen-bond donors (Lipinski definition) is 2. The van der Waals surface area contributed by atoms with Crippen molar-refractivity contribution in [2.45, 2.75) is 36.6 Å². The Morgan fingerprint density at radius 2 is 1.49 bits per heavy atom. The molecule has 0 amide bonds. The van der Waals surface area contributed by atoms with Crippen LogP contribution >= 0.6 is 7.82 Å². The molecule has 14 nitrogen and oxygen atoms in total. The first-order chi connectivity index (χ1) is 23.6. The van der Waals surface area contributed by atoms with Gasteiger partial charge in [-0.25, -0.2) is 9.36 Å². The minimum atomic E-state index is -4.79. The van der Waals surface area contributed by atoms with E-state index < -0.39 is 49.2 Å². The molecule has 0 aliphatic carbocycles. The average Bonchev–Trinajstić information content (AvgIpc) is 3.45. The van der Waals surface area contributed by atoms with E-state index in [1.807, 2.05) is 60.7 Å². The number of hydrogen-bond acceptors (Lipinski definition) is 11. The number of benzene rings is 3. The van der Waals surface area contributed by atoms with E-state index >= 15 is 0 Å². The molecule has 2 N–H and O–H groups in total. The van der Waals surface area contributed by atoms with E-state index in [9.17, 15) is 19.0 Å². The standard InChI is InChI=1S/C34H36N3O11P/c1-42-26-14-10-24(11-15-26)34(23-8-5-4-6-9-23,25-12-16-27(43-2)17-13-25)45-22-28-30(48-49(40,41)46-21-7-19-35)31(44-3)32(47-28)37-20-18-29(38)36-33(37)39/h4-6,8-18,20,28,30-32H,7,21-22H2,1-3H3,(H,40,41)(H,36,38,39)/t28-,30-,31-,32-/m1/s1. The fourth-order valence-electron chi connectivity index (χ4n) is 5.74. The summed E-state index contributed by atoms with van der Waals surface area (Å²) >= 11 is 0. The van der Waals surface area contributed by atoms with Gasteiger partial charge >= 0.3 is 13.5 Å². The lowest BCUT2D eigenvalue weighted by Gasteiger charge is -2.37. The maximum absolute atomic E-state index is 13.1. The van der Waals surface area contributed by atoms with Gasteiger partial charge in [0.05, 0.1) is 39.9 Å². The van der Waals surface area contributed by atoms with Crippen LogP contribution < -0.4 is 20.7 Å². The van der Waals surface area contributed by atoms with Crippen molar-refractivity contribution in [1.82, 2.24) is 9.55 Å². The molecule has 0 radical (unpaired) electrons. The molecule has 2 heterocycles. The third-order valence-corrected chi connectivity index (χ3v) is 9.06. The Kier molecular flexibility index (Phi) is 11.5. The summed E-state index contributed by atoms with van der Waals surface area (Å²) in [4.78, 5) is 37.5. The number of phosphoric ester groups is 1. The van der Waals surface area contributed by atoms with Gasteiger partial charge in [0.1, 0.15) is 35.4 Å². The molecular weight excluding hydrogens is 657 g/mol. The normalized spacial score (nSPS) is 20.3. The Morgan fingerprint density at radius 1 is 0.898 bits per heavy atom. The second-order valence-corrected chi connectivity index (χ2v) is 12.3. The largest absolute Gasteiger partial charge is 0.497 e. The molecular formula is C34H36N3O11P. The van der Waals surface area contributed by atoms with Crippen LogP contribution in [0.1, 0.15) is 29.3 Å². The van der Waals surface area contributed by atoms with E-state index in [1.54, 1.807) is 38.5 Å². The van der Waals surface area contributed by atoms with Crippen LogP contribution in [0, 0.1) is 11.3 Å². The lowest BCUT2D eigenvalue weighted by atomic mass is 9.80. The molecule has 5 atom stereocenters. The van der Waals surface area contributed by atoms with E-state index in [1.165, 1.54) is 13.3 Å². The zero-order valence-corrected chi connectivity index (χ0v) is 27.9. The van der Waals surface area contributed by atoms with Crippen molar-refractivity contribution in [1.29, 1.82) is 5.26 Å². The van der Waals surface area contributed by atoms with Gasteiger partial charge in [-0.1, -0.05) is 54.6 Å². The van der Waals surface area contributed by atoms with Gasteiger partial charge < -0.3 is 28.6 Å². The number of aromatic amines is 1. The van der Waals surface area contributed by atoms with E-state index in [2.05, 4.69) is 4.98 Å². The quantitative estimate of drug-likeness (QED) is 0.104. The molecule has 1 aliphatic heterocycles. The van der Waals surface area contributed by atoms with Gasteiger partial charge in [-0.15, -0.1) is 0 Å². The molecule has 1 fully saturated rings. The van der Waals surface area contributed by atoms with Gasteiger partial charge in [-0.05, 0) is 41.0 Å². The van der Waals surface area contributed by atoms with Gasteiger partial charge in [0, 0.05) is 19.4 Å². The maximum atomic E-state index is 13.1. The number of ether oxygens (including phenoxy) is 5. The number of H-pyrrole nitrogens is 1. The highest BCUT2D eigenvalue weighted by molar-refractivity contribution is 7.47. The zero-order valence-electron chi connectivity index (χ0n) is 27.0. The summed E-state index contributed by atoms with van der Waals surface area (Å²) in [5.41, 5.74) is -0.556. The summed E-state index contributed by atoms with van der Waals surface area (Å²) in [5.74, 6) is 1.25. The highest BCUT2D eigenvalue weighted by Crippen LogP contribution is 2.50. The molecule has 0 bridgehead atoms. The molecule has 1 saturated heterocycles.